The number of thiazole rings is 1. The van der Waals surface area contributed by atoms with Gasteiger partial charge in [-0.25, -0.2) is 4.98 Å². The Morgan fingerprint density at radius 2 is 2.15 bits per heavy atom. The molecule has 0 radical (unpaired) electrons. The largest absolute Gasteiger partial charge is 0.371 e. The molecule has 1 fully saturated rings. The zero-order valence-electron chi connectivity index (χ0n) is 16.5. The van der Waals surface area contributed by atoms with Gasteiger partial charge >= 0.3 is 0 Å². The summed E-state index contributed by atoms with van der Waals surface area (Å²) in [7, 11) is 1.82. The molecule has 27 heavy (non-hydrogen) atoms. The van der Waals surface area contributed by atoms with Crippen LogP contribution in [0.5, 0.6) is 0 Å². The van der Waals surface area contributed by atoms with E-state index in [1.54, 1.807) is 11.3 Å². The van der Waals surface area contributed by atoms with E-state index in [-0.39, 0.29) is 0 Å². The first kappa shape index (κ1) is 20.0. The van der Waals surface area contributed by atoms with Crippen LogP contribution in [0.2, 0.25) is 5.02 Å². The number of halogens is 1. The minimum absolute atomic E-state index is 0.592. The highest BCUT2D eigenvalue weighted by molar-refractivity contribution is 7.11. The van der Waals surface area contributed by atoms with Crippen molar-refractivity contribution in [2.75, 3.05) is 31.6 Å². The van der Waals surface area contributed by atoms with Crippen molar-refractivity contribution in [3.63, 3.8) is 0 Å². The summed E-state index contributed by atoms with van der Waals surface area (Å²) in [6, 6.07) is 6.13. The molecule has 5 nitrogen and oxygen atoms in total. The summed E-state index contributed by atoms with van der Waals surface area (Å²) in [5, 5.41) is 8.79. The molecule has 0 amide bonds. The molecule has 1 unspecified atom stereocenters. The van der Waals surface area contributed by atoms with E-state index in [1.165, 1.54) is 22.5 Å². The third-order valence-corrected chi connectivity index (χ3v) is 6.30. The quantitative estimate of drug-likeness (QED) is 0.584. The van der Waals surface area contributed by atoms with E-state index >= 15 is 0 Å². The smallest absolute Gasteiger partial charge is 0.191 e. The number of aliphatic imine (C=N–C) groups is 1. The summed E-state index contributed by atoms with van der Waals surface area (Å²) in [6.45, 7) is 10.0. The second-order valence-corrected chi connectivity index (χ2v) is 8.80. The van der Waals surface area contributed by atoms with Gasteiger partial charge in [0.25, 0.3) is 0 Å². The third kappa shape index (κ3) is 5.14. The Kier molecular flexibility index (Phi) is 6.60. The highest BCUT2D eigenvalue weighted by atomic mass is 35.5. The van der Waals surface area contributed by atoms with Gasteiger partial charge in [-0.05, 0) is 50.8 Å². The van der Waals surface area contributed by atoms with Crippen LogP contribution in [-0.2, 0) is 6.54 Å². The maximum absolute atomic E-state index is 6.18. The molecule has 1 aliphatic heterocycles. The lowest BCUT2D eigenvalue weighted by atomic mass is 10.1. The van der Waals surface area contributed by atoms with E-state index in [4.69, 9.17) is 11.6 Å². The minimum Gasteiger partial charge on any atom is -0.371 e. The fourth-order valence-corrected chi connectivity index (χ4v) is 4.55. The lowest BCUT2D eigenvalue weighted by Crippen LogP contribution is -2.39. The summed E-state index contributed by atoms with van der Waals surface area (Å²) in [4.78, 5) is 12.5. The first-order valence-corrected chi connectivity index (χ1v) is 10.5. The molecule has 1 aliphatic rings. The van der Waals surface area contributed by atoms with E-state index in [2.05, 4.69) is 51.5 Å². The van der Waals surface area contributed by atoms with Crippen molar-refractivity contribution in [2.45, 2.75) is 33.7 Å². The van der Waals surface area contributed by atoms with Gasteiger partial charge in [-0.15, -0.1) is 11.3 Å². The molecule has 1 aromatic carbocycles. The van der Waals surface area contributed by atoms with E-state index in [9.17, 15) is 0 Å². The molecule has 1 atom stereocenters. The van der Waals surface area contributed by atoms with Crippen molar-refractivity contribution >= 4 is 34.6 Å². The predicted octanol–water partition coefficient (Wildman–Crippen LogP) is 3.91. The normalized spacial score (nSPS) is 17.4. The van der Waals surface area contributed by atoms with Gasteiger partial charge in [-0.1, -0.05) is 17.7 Å². The topological polar surface area (TPSA) is 52.6 Å². The van der Waals surface area contributed by atoms with Crippen LogP contribution in [0.25, 0.3) is 0 Å². The van der Waals surface area contributed by atoms with Crippen molar-refractivity contribution < 1.29 is 0 Å². The molecule has 7 heteroatoms. The molecule has 0 saturated carbocycles. The number of aryl methyl sites for hydroxylation is 3. The van der Waals surface area contributed by atoms with Gasteiger partial charge in [-0.2, -0.15) is 0 Å². The first-order chi connectivity index (χ1) is 13.0. The molecular formula is C20H28ClN5S. The van der Waals surface area contributed by atoms with Crippen LogP contribution < -0.4 is 15.5 Å². The summed E-state index contributed by atoms with van der Waals surface area (Å²) >= 11 is 7.92. The Bertz CT molecular complexity index is 817. The number of rotatable bonds is 5. The number of anilines is 1. The number of hydrogen-bond acceptors (Lipinski definition) is 4. The van der Waals surface area contributed by atoms with Crippen LogP contribution in [0.3, 0.4) is 0 Å². The Morgan fingerprint density at radius 3 is 2.85 bits per heavy atom. The van der Waals surface area contributed by atoms with Gasteiger partial charge in [-0.3, -0.25) is 4.99 Å². The molecule has 1 aromatic heterocycles. The average Bonchev–Trinajstić information content (AvgIpc) is 3.23. The zero-order valence-corrected chi connectivity index (χ0v) is 18.0. The average molecular weight is 406 g/mol. The van der Waals surface area contributed by atoms with E-state index in [0.717, 1.165) is 47.9 Å². The lowest BCUT2D eigenvalue weighted by Gasteiger charge is -2.21. The fourth-order valence-electron chi connectivity index (χ4n) is 3.50. The predicted molar refractivity (Wildman–Crippen MR) is 116 cm³/mol. The molecule has 2 aromatic rings. The maximum Gasteiger partial charge on any atom is 0.191 e. The van der Waals surface area contributed by atoms with E-state index in [0.29, 0.717) is 5.92 Å². The third-order valence-electron chi connectivity index (χ3n) is 5.00. The van der Waals surface area contributed by atoms with Gasteiger partial charge in [0.15, 0.2) is 5.96 Å². The number of nitrogens with one attached hydrogen (secondary N) is 2. The van der Waals surface area contributed by atoms with Gasteiger partial charge in [0.1, 0.15) is 0 Å². The fraction of sp³-hybridized carbons (Fsp3) is 0.500. The molecule has 0 spiro atoms. The van der Waals surface area contributed by atoms with Crippen molar-refractivity contribution in [3.05, 3.63) is 44.4 Å². The van der Waals surface area contributed by atoms with Crippen molar-refractivity contribution in [1.29, 1.82) is 0 Å². The van der Waals surface area contributed by atoms with Gasteiger partial charge < -0.3 is 15.5 Å². The monoisotopic (exact) mass is 405 g/mol. The zero-order chi connectivity index (χ0) is 19.4. The summed E-state index contributed by atoms with van der Waals surface area (Å²) in [5.74, 6) is 1.44. The lowest BCUT2D eigenvalue weighted by molar-refractivity contribution is 0.566. The van der Waals surface area contributed by atoms with Crippen molar-refractivity contribution in [2.24, 2.45) is 10.9 Å². The summed E-state index contributed by atoms with van der Waals surface area (Å²) in [5.41, 5.74) is 3.63. The van der Waals surface area contributed by atoms with Gasteiger partial charge in [0, 0.05) is 42.3 Å². The number of nitrogens with zero attached hydrogens (tertiary/aromatic N) is 3. The number of benzene rings is 1. The molecule has 2 heterocycles. The minimum atomic E-state index is 0.592. The van der Waals surface area contributed by atoms with Crippen LogP contribution in [-0.4, -0.2) is 37.6 Å². The van der Waals surface area contributed by atoms with Crippen LogP contribution in [0, 0.1) is 26.7 Å². The second-order valence-electron chi connectivity index (χ2n) is 7.08. The molecule has 1 saturated heterocycles. The van der Waals surface area contributed by atoms with E-state index < -0.39 is 0 Å². The van der Waals surface area contributed by atoms with Gasteiger partial charge in [0.05, 0.1) is 17.2 Å². The molecule has 0 bridgehead atoms. The molecule has 2 N–H and O–H groups in total. The van der Waals surface area contributed by atoms with Crippen LogP contribution >= 0.6 is 22.9 Å². The number of hydrogen-bond donors (Lipinski definition) is 2. The molecule has 0 aliphatic carbocycles. The summed E-state index contributed by atoms with van der Waals surface area (Å²) in [6.07, 6.45) is 1.17. The Hall–Kier alpha value is -1.79. The molecule has 3 rings (SSSR count). The first-order valence-electron chi connectivity index (χ1n) is 9.34. The summed E-state index contributed by atoms with van der Waals surface area (Å²) < 4.78 is 0. The van der Waals surface area contributed by atoms with Crippen molar-refractivity contribution in [3.8, 4) is 0 Å². The van der Waals surface area contributed by atoms with E-state index in [1.807, 2.05) is 20.0 Å². The van der Waals surface area contributed by atoms with Crippen molar-refractivity contribution in [1.82, 2.24) is 15.6 Å². The second kappa shape index (κ2) is 8.93. The Labute approximate surface area is 170 Å². The Balaban J connectivity index is 1.49. The van der Waals surface area contributed by atoms with Crippen LogP contribution in [0.15, 0.2) is 23.2 Å². The number of aromatic nitrogens is 1. The standard InChI is InChI=1S/C20H28ClN5S/c1-13-5-6-17(21)9-18(13)26-8-7-16(12-26)10-23-20(22-4)24-11-19-14(2)25-15(3)27-19/h5-6,9,16H,7-8,10-12H2,1-4H3,(H2,22,23,24). The maximum atomic E-state index is 6.18. The highest BCUT2D eigenvalue weighted by Gasteiger charge is 2.24. The Morgan fingerprint density at radius 1 is 1.33 bits per heavy atom. The molecular weight excluding hydrogens is 378 g/mol. The SMILES string of the molecule is CN=C(NCc1sc(C)nc1C)NCC1CCN(c2cc(Cl)ccc2C)C1. The van der Waals surface area contributed by atoms with Crippen LogP contribution in [0.4, 0.5) is 5.69 Å². The number of guanidine groups is 1. The van der Waals surface area contributed by atoms with Gasteiger partial charge in [0.2, 0.25) is 0 Å². The highest BCUT2D eigenvalue weighted by Crippen LogP contribution is 2.29. The van der Waals surface area contributed by atoms with Crippen LogP contribution in [0.1, 0.15) is 27.6 Å². The molecule has 146 valence electrons.